The third-order valence-electron chi connectivity index (χ3n) is 9.12. The van der Waals surface area contributed by atoms with E-state index in [9.17, 15) is 4.79 Å². The smallest absolute Gasteiger partial charge is 0.308 e. The molecule has 0 aliphatic carbocycles. The van der Waals surface area contributed by atoms with Crippen molar-refractivity contribution in [2.75, 3.05) is 12.3 Å². The summed E-state index contributed by atoms with van der Waals surface area (Å²) in [6, 6.07) is 7.40. The first-order chi connectivity index (χ1) is 20.3. The van der Waals surface area contributed by atoms with E-state index in [0.29, 0.717) is 40.7 Å². The zero-order chi connectivity index (χ0) is 32.7. The van der Waals surface area contributed by atoms with Gasteiger partial charge in [0, 0.05) is 19.1 Å². The van der Waals surface area contributed by atoms with Gasteiger partial charge in [-0.1, -0.05) is 65.4 Å². The Balaban J connectivity index is 1.57. The number of hydrogen-bond acceptors (Lipinski definition) is 10. The molecule has 2 N–H and O–H groups in total. The van der Waals surface area contributed by atoms with Gasteiger partial charge < -0.3 is 24.1 Å². The molecule has 1 aromatic carbocycles. The Kier molecular flexibility index (Phi) is 10.1. The number of thioether (sulfide) groups is 1. The lowest BCUT2D eigenvalue weighted by Gasteiger charge is -2.40. The standard InChI is InChI=1S/C31H49N5O5SSi2/c1-20(37)39-22-14-12-21(13-15-22)18-42-28-26-27(34-29(32)35-28)36(19-33-26)25-16-23(41-44(10,11)31(5,6)7)24(40-25)17-38-43(8,9)30(2,3)4/h12-15,19,23-25H,16-18H2,1-11H3,(H2,32,34,35)/t23-,24+,25+/m0/s1. The van der Waals surface area contributed by atoms with Gasteiger partial charge in [0.1, 0.15) is 28.6 Å². The van der Waals surface area contributed by atoms with E-state index in [1.807, 2.05) is 16.7 Å². The minimum absolute atomic E-state index is 0.0617. The lowest BCUT2D eigenvalue weighted by molar-refractivity contribution is -0.131. The molecule has 10 nitrogen and oxygen atoms in total. The van der Waals surface area contributed by atoms with Crippen molar-refractivity contribution < 1.29 is 23.1 Å². The Labute approximate surface area is 268 Å². The second-order valence-corrected chi connectivity index (χ2v) is 25.1. The van der Waals surface area contributed by atoms with Crippen molar-refractivity contribution in [1.29, 1.82) is 0 Å². The predicted octanol–water partition coefficient (Wildman–Crippen LogP) is 7.33. The largest absolute Gasteiger partial charge is 0.427 e. The fraction of sp³-hybridized carbons (Fsp3) is 0.613. The fourth-order valence-corrected chi connectivity index (χ4v) is 7.70. The van der Waals surface area contributed by atoms with E-state index in [1.54, 1.807) is 18.5 Å². The number of aromatic nitrogens is 4. The summed E-state index contributed by atoms with van der Waals surface area (Å²) in [4.78, 5) is 25.0. The van der Waals surface area contributed by atoms with Gasteiger partial charge in [-0.05, 0) is 54.0 Å². The van der Waals surface area contributed by atoms with Gasteiger partial charge in [0.2, 0.25) is 5.95 Å². The Morgan fingerprint density at radius 2 is 1.68 bits per heavy atom. The van der Waals surface area contributed by atoms with E-state index in [0.717, 1.165) is 5.56 Å². The number of rotatable bonds is 10. The summed E-state index contributed by atoms with van der Waals surface area (Å²) < 4.78 is 27.4. The van der Waals surface area contributed by atoms with Crippen LogP contribution in [0.1, 0.15) is 66.7 Å². The average molecular weight is 660 g/mol. The highest BCUT2D eigenvalue weighted by atomic mass is 32.2. The van der Waals surface area contributed by atoms with Crippen molar-refractivity contribution in [2.45, 2.75) is 120 Å². The number of imidazole rings is 1. The fourth-order valence-electron chi connectivity index (χ4n) is 4.40. The van der Waals surface area contributed by atoms with Crippen LogP contribution in [-0.4, -0.2) is 60.9 Å². The van der Waals surface area contributed by atoms with Gasteiger partial charge in [-0.3, -0.25) is 9.36 Å². The molecule has 2 aromatic heterocycles. The number of carbonyl (C=O) groups excluding carboxylic acids is 1. The first-order valence-corrected chi connectivity index (χ1v) is 21.9. The summed E-state index contributed by atoms with van der Waals surface area (Å²) in [5.41, 5.74) is 8.56. The first kappa shape index (κ1) is 34.6. The van der Waals surface area contributed by atoms with E-state index in [-0.39, 0.29) is 40.4 Å². The molecule has 0 amide bonds. The Morgan fingerprint density at radius 1 is 1.05 bits per heavy atom. The molecule has 1 aliphatic heterocycles. The van der Waals surface area contributed by atoms with Gasteiger partial charge in [0.15, 0.2) is 22.3 Å². The minimum Gasteiger partial charge on any atom is -0.427 e. The van der Waals surface area contributed by atoms with Crippen LogP contribution in [0.25, 0.3) is 11.2 Å². The zero-order valence-electron chi connectivity index (χ0n) is 28.1. The van der Waals surface area contributed by atoms with Crippen molar-refractivity contribution in [3.8, 4) is 5.75 Å². The van der Waals surface area contributed by atoms with E-state index < -0.39 is 16.6 Å². The lowest BCUT2D eigenvalue weighted by Crippen LogP contribution is -2.48. The topological polar surface area (TPSA) is 124 Å². The first-order valence-electron chi connectivity index (χ1n) is 15.1. The molecule has 0 radical (unpaired) electrons. The molecule has 242 valence electrons. The van der Waals surface area contributed by atoms with Gasteiger partial charge >= 0.3 is 5.97 Å². The lowest BCUT2D eigenvalue weighted by atomic mass is 10.2. The predicted molar refractivity (Wildman–Crippen MR) is 181 cm³/mol. The molecule has 1 saturated heterocycles. The Morgan fingerprint density at radius 3 is 2.27 bits per heavy atom. The summed E-state index contributed by atoms with van der Waals surface area (Å²) >= 11 is 1.53. The van der Waals surface area contributed by atoms with Crippen molar-refractivity contribution >= 4 is 51.5 Å². The van der Waals surface area contributed by atoms with E-state index in [4.69, 9.17) is 29.0 Å². The minimum atomic E-state index is -2.09. The van der Waals surface area contributed by atoms with E-state index in [2.05, 4.69) is 77.7 Å². The number of nitrogen functional groups attached to an aromatic ring is 1. The number of carbonyl (C=O) groups is 1. The van der Waals surface area contributed by atoms with Crippen LogP contribution in [0.5, 0.6) is 5.75 Å². The zero-order valence-corrected chi connectivity index (χ0v) is 30.9. The van der Waals surface area contributed by atoms with Crippen LogP contribution in [0.15, 0.2) is 35.6 Å². The molecule has 4 rings (SSSR count). The third kappa shape index (κ3) is 7.91. The number of esters is 1. The van der Waals surface area contributed by atoms with Gasteiger partial charge in [-0.15, -0.1) is 0 Å². The highest BCUT2D eigenvalue weighted by Gasteiger charge is 2.47. The van der Waals surface area contributed by atoms with Crippen LogP contribution < -0.4 is 10.5 Å². The van der Waals surface area contributed by atoms with Gasteiger partial charge in [-0.25, -0.2) is 9.97 Å². The maximum atomic E-state index is 11.2. The molecular formula is C31H49N5O5SSi2. The number of fused-ring (bicyclic) bond motifs is 1. The molecule has 3 atom stereocenters. The van der Waals surface area contributed by atoms with Gasteiger partial charge in [-0.2, -0.15) is 4.98 Å². The van der Waals surface area contributed by atoms with Crippen LogP contribution >= 0.6 is 11.8 Å². The van der Waals surface area contributed by atoms with Crippen molar-refractivity contribution in [2.24, 2.45) is 0 Å². The highest BCUT2D eigenvalue weighted by Crippen LogP contribution is 2.43. The van der Waals surface area contributed by atoms with E-state index >= 15 is 0 Å². The monoisotopic (exact) mass is 659 g/mol. The summed E-state index contributed by atoms with van der Waals surface area (Å²) in [5, 5.41) is 0.848. The number of anilines is 1. The molecule has 1 aliphatic rings. The second-order valence-electron chi connectivity index (χ2n) is 14.6. The third-order valence-corrected chi connectivity index (χ3v) is 19.2. The number of benzene rings is 1. The Hall–Kier alpha value is -2.30. The SMILES string of the molecule is CC(=O)Oc1ccc(CSc2nc(N)nc3c2ncn3[C@H]2C[C@H](O[Si](C)(C)C(C)(C)C)[C@@H](CO[Si](C)(C)C(C)(C)C)O2)cc1. The number of nitrogens with two attached hydrogens (primary N) is 1. The Bertz CT molecular complexity index is 1470. The van der Waals surface area contributed by atoms with Crippen LogP contribution in [0, 0.1) is 0 Å². The second kappa shape index (κ2) is 12.8. The number of nitrogens with zero attached hydrogens (tertiary/aromatic N) is 4. The summed E-state index contributed by atoms with van der Waals surface area (Å²) in [5.74, 6) is 0.976. The summed E-state index contributed by atoms with van der Waals surface area (Å²) in [7, 11) is -4.08. The molecule has 3 aromatic rings. The van der Waals surface area contributed by atoms with Gasteiger partial charge in [0.25, 0.3) is 0 Å². The van der Waals surface area contributed by atoms with Crippen LogP contribution in [0.2, 0.25) is 36.3 Å². The average Bonchev–Trinajstić information content (AvgIpc) is 3.48. The van der Waals surface area contributed by atoms with Crippen LogP contribution in [-0.2, 0) is 24.1 Å². The molecule has 1 fully saturated rings. The van der Waals surface area contributed by atoms with Crippen molar-refractivity contribution in [1.82, 2.24) is 19.5 Å². The number of hydrogen-bond donors (Lipinski definition) is 1. The van der Waals surface area contributed by atoms with Crippen LogP contribution in [0.4, 0.5) is 5.95 Å². The molecule has 13 heteroatoms. The van der Waals surface area contributed by atoms with Crippen LogP contribution in [0.3, 0.4) is 0 Å². The number of ether oxygens (including phenoxy) is 2. The molecule has 0 bridgehead atoms. The van der Waals surface area contributed by atoms with Crippen molar-refractivity contribution in [3.05, 3.63) is 36.2 Å². The maximum absolute atomic E-state index is 11.2. The maximum Gasteiger partial charge on any atom is 0.308 e. The highest BCUT2D eigenvalue weighted by molar-refractivity contribution is 7.98. The normalized spacial score (nSPS) is 19.9. The quantitative estimate of drug-likeness (QED) is 0.0778. The van der Waals surface area contributed by atoms with Crippen molar-refractivity contribution in [3.63, 3.8) is 0 Å². The molecule has 0 spiro atoms. The summed E-state index contributed by atoms with van der Waals surface area (Å²) in [6.45, 7) is 24.4. The molecule has 3 heterocycles. The van der Waals surface area contributed by atoms with E-state index in [1.165, 1.54) is 18.7 Å². The molecule has 44 heavy (non-hydrogen) atoms. The molecule has 0 saturated carbocycles. The molecule has 0 unspecified atom stereocenters. The summed E-state index contributed by atoms with van der Waals surface area (Å²) in [6.07, 6.45) is 1.76. The van der Waals surface area contributed by atoms with Gasteiger partial charge in [0.05, 0.1) is 19.0 Å². The molecular weight excluding hydrogens is 611 g/mol.